The van der Waals surface area contributed by atoms with Crippen LogP contribution in [0.4, 0.5) is 10.5 Å². The van der Waals surface area contributed by atoms with E-state index in [1.807, 2.05) is 25.9 Å². The summed E-state index contributed by atoms with van der Waals surface area (Å²) in [6.45, 7) is 1.95. The van der Waals surface area contributed by atoms with Gasteiger partial charge < -0.3 is 20.6 Å². The Kier molecular flexibility index (Phi) is 6.45. The fraction of sp³-hybridized carbons (Fsp3) is 0.550. The van der Waals surface area contributed by atoms with Crippen molar-refractivity contribution in [2.24, 2.45) is 0 Å². The van der Waals surface area contributed by atoms with E-state index in [9.17, 15) is 18.3 Å². The zero-order valence-electron chi connectivity index (χ0n) is 16.9. The van der Waals surface area contributed by atoms with Crippen LogP contribution in [0.25, 0.3) is 0 Å². The normalized spacial score (nSPS) is 24.6. The Morgan fingerprint density at radius 1 is 1.24 bits per heavy atom. The van der Waals surface area contributed by atoms with Gasteiger partial charge in [-0.25, -0.2) is 13.2 Å². The predicted molar refractivity (Wildman–Crippen MR) is 114 cm³/mol. The molecule has 29 heavy (non-hydrogen) atoms. The van der Waals surface area contributed by atoms with Crippen molar-refractivity contribution in [1.82, 2.24) is 10.2 Å². The number of amides is 2. The first-order chi connectivity index (χ1) is 13.6. The van der Waals surface area contributed by atoms with E-state index in [1.54, 1.807) is 0 Å². The molecule has 1 saturated carbocycles. The Labute approximate surface area is 177 Å². The molecule has 0 bridgehead atoms. The number of nitrogens with zero attached hydrogens (tertiary/aromatic N) is 1. The molecule has 3 unspecified atom stereocenters. The Bertz CT molecular complexity index is 930. The Hall–Kier alpha value is -1.77. The monoisotopic (exact) mass is 441 g/mol. The van der Waals surface area contributed by atoms with Crippen LogP contribution >= 0.6 is 11.6 Å². The number of rotatable bonds is 5. The summed E-state index contributed by atoms with van der Waals surface area (Å²) < 4.78 is 26.7. The van der Waals surface area contributed by atoms with Crippen LogP contribution in [-0.4, -0.2) is 55.9 Å². The molecule has 2 aliphatic carbocycles. The molecule has 1 aromatic carbocycles. The molecular formula is C20H28ClN3O4S. The number of carbonyl (C=O) groups is 1. The van der Waals surface area contributed by atoms with Crippen molar-refractivity contribution in [3.8, 4) is 5.75 Å². The van der Waals surface area contributed by atoms with E-state index in [0.717, 1.165) is 31.3 Å². The van der Waals surface area contributed by atoms with E-state index in [4.69, 9.17) is 11.6 Å². The number of aromatic hydroxyl groups is 1. The highest BCUT2D eigenvalue weighted by Crippen LogP contribution is 2.42. The standard InChI is InChI=1S/C20H28ClN3O4S/c1-12-6-4-7-14(12)22-20(26)23-15-11-10-13(21)19(18(15)25)29(27,28)17-9-5-8-16(17)24(2)3/h6,10-11,14,16-17,25H,4-5,7-9H2,1-3H3,(H2,22,23,26). The highest BCUT2D eigenvalue weighted by Gasteiger charge is 2.42. The number of urea groups is 1. The second-order valence-corrected chi connectivity index (χ2v) is 10.5. The minimum Gasteiger partial charge on any atom is -0.504 e. The van der Waals surface area contributed by atoms with Gasteiger partial charge in [0.05, 0.1) is 22.0 Å². The van der Waals surface area contributed by atoms with Crippen LogP contribution in [-0.2, 0) is 9.84 Å². The molecule has 7 nitrogen and oxygen atoms in total. The highest BCUT2D eigenvalue weighted by atomic mass is 35.5. The topological polar surface area (TPSA) is 98.7 Å². The van der Waals surface area contributed by atoms with Crippen LogP contribution in [0.5, 0.6) is 5.75 Å². The fourth-order valence-electron chi connectivity index (χ4n) is 4.28. The number of benzene rings is 1. The molecule has 0 radical (unpaired) electrons. The number of sulfone groups is 1. The first kappa shape index (κ1) is 21.9. The minimum atomic E-state index is -3.89. The summed E-state index contributed by atoms with van der Waals surface area (Å²) in [6.07, 6.45) is 5.85. The third kappa shape index (κ3) is 4.39. The summed E-state index contributed by atoms with van der Waals surface area (Å²) in [6, 6.07) is 2.09. The van der Waals surface area contributed by atoms with Crippen LogP contribution in [0.2, 0.25) is 5.02 Å². The molecular weight excluding hydrogens is 414 g/mol. The predicted octanol–water partition coefficient (Wildman–Crippen LogP) is 3.53. The maximum atomic E-state index is 13.3. The van der Waals surface area contributed by atoms with E-state index >= 15 is 0 Å². The van der Waals surface area contributed by atoms with Crippen LogP contribution in [0.3, 0.4) is 0 Å². The number of phenolic OH excluding ortho intramolecular Hbond substituents is 1. The lowest BCUT2D eigenvalue weighted by Crippen LogP contribution is -2.39. The number of allylic oxidation sites excluding steroid dienone is 1. The van der Waals surface area contributed by atoms with Crippen molar-refractivity contribution in [2.45, 2.75) is 61.3 Å². The number of halogens is 1. The first-order valence-corrected chi connectivity index (χ1v) is 11.7. The molecule has 0 heterocycles. The lowest BCUT2D eigenvalue weighted by molar-refractivity contribution is 0.249. The molecule has 0 spiro atoms. The van der Waals surface area contributed by atoms with Gasteiger partial charge in [0.25, 0.3) is 0 Å². The van der Waals surface area contributed by atoms with Gasteiger partial charge in [0.2, 0.25) is 0 Å². The molecule has 3 atom stereocenters. The first-order valence-electron chi connectivity index (χ1n) is 9.79. The van der Waals surface area contributed by atoms with Gasteiger partial charge in [0, 0.05) is 6.04 Å². The third-order valence-corrected chi connectivity index (χ3v) is 8.63. The number of nitrogens with one attached hydrogen (secondary N) is 2. The van der Waals surface area contributed by atoms with Gasteiger partial charge in [-0.2, -0.15) is 0 Å². The average molecular weight is 442 g/mol. The van der Waals surface area contributed by atoms with Crippen molar-refractivity contribution in [2.75, 3.05) is 19.4 Å². The lowest BCUT2D eigenvalue weighted by Gasteiger charge is -2.27. The second-order valence-electron chi connectivity index (χ2n) is 7.99. The second kappa shape index (κ2) is 8.53. The Morgan fingerprint density at radius 3 is 2.59 bits per heavy atom. The van der Waals surface area contributed by atoms with E-state index < -0.39 is 26.9 Å². The van der Waals surface area contributed by atoms with Crippen molar-refractivity contribution in [1.29, 1.82) is 0 Å². The van der Waals surface area contributed by atoms with Gasteiger partial charge in [-0.15, -0.1) is 0 Å². The Morgan fingerprint density at radius 2 is 1.97 bits per heavy atom. The van der Waals surface area contributed by atoms with Gasteiger partial charge >= 0.3 is 6.03 Å². The average Bonchev–Trinajstić information content (AvgIpc) is 3.27. The number of anilines is 1. The zero-order chi connectivity index (χ0) is 21.3. The summed E-state index contributed by atoms with van der Waals surface area (Å²) >= 11 is 6.20. The number of phenols is 1. The van der Waals surface area contributed by atoms with Gasteiger partial charge in [-0.1, -0.05) is 29.7 Å². The third-order valence-electron chi connectivity index (χ3n) is 5.87. The van der Waals surface area contributed by atoms with E-state index in [0.29, 0.717) is 6.42 Å². The highest BCUT2D eigenvalue weighted by molar-refractivity contribution is 7.92. The quantitative estimate of drug-likeness (QED) is 0.479. The number of hydrogen-bond donors (Lipinski definition) is 3. The smallest absolute Gasteiger partial charge is 0.319 e. The maximum absolute atomic E-state index is 13.3. The van der Waals surface area contributed by atoms with Gasteiger partial charge in [0.15, 0.2) is 15.6 Å². The van der Waals surface area contributed by atoms with Crippen molar-refractivity contribution in [3.05, 3.63) is 28.8 Å². The summed E-state index contributed by atoms with van der Waals surface area (Å²) in [5.41, 5.74) is 1.10. The molecule has 0 aliphatic heterocycles. The number of carbonyl (C=O) groups excluding carboxylic acids is 1. The summed E-state index contributed by atoms with van der Waals surface area (Å²) in [5.74, 6) is -0.518. The van der Waals surface area contributed by atoms with Crippen molar-refractivity contribution < 1.29 is 18.3 Å². The number of hydrogen-bond acceptors (Lipinski definition) is 5. The van der Waals surface area contributed by atoms with E-state index in [2.05, 4.69) is 16.7 Å². The molecule has 3 rings (SSSR count). The summed E-state index contributed by atoms with van der Waals surface area (Å²) in [4.78, 5) is 13.9. The molecule has 0 aromatic heterocycles. The zero-order valence-corrected chi connectivity index (χ0v) is 18.5. The maximum Gasteiger partial charge on any atom is 0.319 e. The molecule has 3 N–H and O–H groups in total. The van der Waals surface area contributed by atoms with Crippen molar-refractivity contribution in [3.63, 3.8) is 0 Å². The molecule has 2 aliphatic rings. The van der Waals surface area contributed by atoms with Gasteiger partial charge in [0.1, 0.15) is 4.90 Å². The molecule has 160 valence electrons. The van der Waals surface area contributed by atoms with Crippen LogP contribution in [0.15, 0.2) is 28.7 Å². The SMILES string of the molecule is CC1=CCCC1NC(=O)Nc1ccc(Cl)c(S(=O)(=O)C2CCCC2N(C)C)c1O. The molecule has 1 aromatic rings. The molecule has 1 fully saturated rings. The largest absolute Gasteiger partial charge is 0.504 e. The van der Waals surface area contributed by atoms with Crippen molar-refractivity contribution >= 4 is 33.2 Å². The van der Waals surface area contributed by atoms with Gasteiger partial charge in [-0.05, 0) is 58.8 Å². The molecule has 9 heteroatoms. The minimum absolute atomic E-state index is 0.0181. The van der Waals surface area contributed by atoms with Crippen LogP contribution < -0.4 is 10.6 Å². The van der Waals surface area contributed by atoms with E-state index in [1.165, 1.54) is 12.1 Å². The van der Waals surface area contributed by atoms with Crippen LogP contribution in [0.1, 0.15) is 39.0 Å². The summed E-state index contributed by atoms with van der Waals surface area (Å²) in [5, 5.41) is 15.4. The van der Waals surface area contributed by atoms with Crippen LogP contribution in [0, 0.1) is 0 Å². The Balaban J connectivity index is 1.87. The lowest BCUT2D eigenvalue weighted by atomic mass is 10.2. The van der Waals surface area contributed by atoms with E-state index in [-0.39, 0.29) is 27.7 Å². The molecule has 2 amide bonds. The van der Waals surface area contributed by atoms with Gasteiger partial charge in [-0.3, -0.25) is 0 Å². The fourth-order valence-corrected chi connectivity index (χ4v) is 7.05. The molecule has 0 saturated heterocycles. The summed E-state index contributed by atoms with van der Waals surface area (Å²) in [7, 11) is -0.190.